The van der Waals surface area contributed by atoms with Crippen LogP contribution in [-0.2, 0) is 9.47 Å². The highest BCUT2D eigenvalue weighted by Crippen LogP contribution is 2.20. The Bertz CT molecular complexity index is 347. The van der Waals surface area contributed by atoms with E-state index in [1.165, 1.54) is 51.4 Å². The summed E-state index contributed by atoms with van der Waals surface area (Å²) in [6.07, 6.45) is 15.2. The Morgan fingerprint density at radius 3 is 2.27 bits per heavy atom. The van der Waals surface area contributed by atoms with Gasteiger partial charge in [0.25, 0.3) is 0 Å². The molecule has 0 aliphatic carbocycles. The first-order valence-corrected chi connectivity index (χ1v) is 10.6. The Balaban J connectivity index is 1.90. The van der Waals surface area contributed by atoms with Crippen molar-refractivity contribution >= 4 is 0 Å². The van der Waals surface area contributed by atoms with Crippen molar-refractivity contribution in [3.63, 3.8) is 0 Å². The summed E-state index contributed by atoms with van der Waals surface area (Å²) in [5.41, 5.74) is 0. The normalized spacial score (nSPS) is 24.5. The fourth-order valence-electron chi connectivity index (χ4n) is 3.26. The van der Waals surface area contributed by atoms with E-state index in [9.17, 15) is 10.2 Å². The standard InChI is InChI=1S/C21H40O5/c1-2-3-4-5-6-7-8-9-10-11-12-13-14-15-25-19-17-26-21(20(19)24)18(23)16-22/h10-11,18-24H,2-9,12-17H2,1H3/b11-10+/t18-,19+,20-,21-/m1/s1. The number of aliphatic hydroxyl groups excluding tert-OH is 3. The van der Waals surface area contributed by atoms with Gasteiger partial charge in [-0.05, 0) is 32.1 Å². The van der Waals surface area contributed by atoms with E-state index in [1.807, 2.05) is 0 Å². The minimum Gasteiger partial charge on any atom is -0.394 e. The predicted octanol–water partition coefficient (Wildman–Crippen LogP) is 3.35. The molecule has 4 atom stereocenters. The Kier molecular flexibility index (Phi) is 14.1. The quantitative estimate of drug-likeness (QED) is 0.286. The molecule has 0 radical (unpaired) electrons. The maximum absolute atomic E-state index is 10.0. The van der Waals surface area contributed by atoms with E-state index in [4.69, 9.17) is 14.6 Å². The van der Waals surface area contributed by atoms with E-state index in [2.05, 4.69) is 19.1 Å². The highest BCUT2D eigenvalue weighted by molar-refractivity contribution is 4.88. The number of rotatable bonds is 16. The van der Waals surface area contributed by atoms with Crippen molar-refractivity contribution in [2.45, 2.75) is 102 Å². The third-order valence-corrected chi connectivity index (χ3v) is 4.97. The van der Waals surface area contributed by atoms with Gasteiger partial charge in [-0.3, -0.25) is 0 Å². The molecule has 3 N–H and O–H groups in total. The lowest BCUT2D eigenvalue weighted by molar-refractivity contribution is -0.0730. The van der Waals surface area contributed by atoms with Crippen LogP contribution in [0, 0.1) is 0 Å². The first-order chi connectivity index (χ1) is 12.7. The minimum atomic E-state index is -1.06. The summed E-state index contributed by atoms with van der Waals surface area (Å²) >= 11 is 0. The summed E-state index contributed by atoms with van der Waals surface area (Å²) in [4.78, 5) is 0. The smallest absolute Gasteiger partial charge is 0.114 e. The van der Waals surface area contributed by atoms with Gasteiger partial charge >= 0.3 is 0 Å². The summed E-state index contributed by atoms with van der Waals surface area (Å²) in [7, 11) is 0. The molecule has 154 valence electrons. The van der Waals surface area contributed by atoms with Gasteiger partial charge in [-0.1, -0.05) is 57.6 Å². The first kappa shape index (κ1) is 23.6. The molecule has 0 spiro atoms. The van der Waals surface area contributed by atoms with Crippen molar-refractivity contribution in [3.05, 3.63) is 12.2 Å². The summed E-state index contributed by atoms with van der Waals surface area (Å²) < 4.78 is 11.0. The second-order valence-corrected chi connectivity index (χ2v) is 7.32. The number of hydrogen-bond acceptors (Lipinski definition) is 5. The molecule has 5 heteroatoms. The van der Waals surface area contributed by atoms with Crippen molar-refractivity contribution in [2.75, 3.05) is 19.8 Å². The van der Waals surface area contributed by atoms with Gasteiger partial charge in [0.2, 0.25) is 0 Å². The summed E-state index contributed by atoms with van der Waals surface area (Å²) in [6.45, 7) is 2.68. The van der Waals surface area contributed by atoms with Crippen LogP contribution in [0.1, 0.15) is 77.6 Å². The molecule has 0 aromatic carbocycles. The number of hydrogen-bond donors (Lipinski definition) is 3. The largest absolute Gasteiger partial charge is 0.394 e. The van der Waals surface area contributed by atoms with Crippen LogP contribution >= 0.6 is 0 Å². The van der Waals surface area contributed by atoms with E-state index in [-0.39, 0.29) is 6.61 Å². The van der Waals surface area contributed by atoms with E-state index in [0.717, 1.165) is 19.3 Å². The van der Waals surface area contributed by atoms with Gasteiger partial charge in [0, 0.05) is 6.61 Å². The molecule has 1 aliphatic rings. The highest BCUT2D eigenvalue weighted by atomic mass is 16.6. The summed E-state index contributed by atoms with van der Waals surface area (Å²) in [5, 5.41) is 28.5. The van der Waals surface area contributed by atoms with Gasteiger partial charge < -0.3 is 24.8 Å². The van der Waals surface area contributed by atoms with Crippen LogP contribution in [0.25, 0.3) is 0 Å². The van der Waals surface area contributed by atoms with Crippen molar-refractivity contribution in [2.24, 2.45) is 0 Å². The van der Waals surface area contributed by atoms with E-state index < -0.39 is 31.0 Å². The van der Waals surface area contributed by atoms with Crippen LogP contribution in [0.5, 0.6) is 0 Å². The second-order valence-electron chi connectivity index (χ2n) is 7.32. The van der Waals surface area contributed by atoms with Crippen molar-refractivity contribution in [3.8, 4) is 0 Å². The molecule has 5 nitrogen and oxygen atoms in total. The van der Waals surface area contributed by atoms with Crippen molar-refractivity contribution in [1.29, 1.82) is 0 Å². The molecule has 1 rings (SSSR count). The zero-order valence-corrected chi connectivity index (χ0v) is 16.5. The van der Waals surface area contributed by atoms with Crippen LogP contribution in [0.15, 0.2) is 12.2 Å². The van der Waals surface area contributed by atoms with Crippen LogP contribution in [-0.4, -0.2) is 59.6 Å². The summed E-state index contributed by atoms with van der Waals surface area (Å²) in [5.74, 6) is 0. The molecule has 0 aromatic heterocycles. The van der Waals surface area contributed by atoms with Crippen molar-refractivity contribution < 1.29 is 24.8 Å². The molecule has 0 bridgehead atoms. The van der Waals surface area contributed by atoms with Crippen LogP contribution in [0.2, 0.25) is 0 Å². The third-order valence-electron chi connectivity index (χ3n) is 4.97. The second kappa shape index (κ2) is 15.6. The molecule has 0 aromatic rings. The van der Waals surface area contributed by atoms with E-state index >= 15 is 0 Å². The molecular weight excluding hydrogens is 332 g/mol. The zero-order chi connectivity index (χ0) is 19.0. The molecule has 1 heterocycles. The lowest BCUT2D eigenvalue weighted by Crippen LogP contribution is -2.41. The number of aliphatic hydroxyl groups is 3. The topological polar surface area (TPSA) is 79.2 Å². The van der Waals surface area contributed by atoms with Gasteiger partial charge in [0.15, 0.2) is 0 Å². The van der Waals surface area contributed by atoms with Crippen LogP contribution < -0.4 is 0 Å². The number of unbranched alkanes of at least 4 members (excludes halogenated alkanes) is 9. The average molecular weight is 373 g/mol. The lowest BCUT2D eigenvalue weighted by atomic mass is 10.1. The Morgan fingerprint density at radius 1 is 1.00 bits per heavy atom. The highest BCUT2D eigenvalue weighted by Gasteiger charge is 2.40. The molecule has 0 amide bonds. The van der Waals surface area contributed by atoms with Gasteiger partial charge in [-0.2, -0.15) is 0 Å². The van der Waals surface area contributed by atoms with E-state index in [1.54, 1.807) is 0 Å². The minimum absolute atomic E-state index is 0.265. The van der Waals surface area contributed by atoms with Gasteiger partial charge in [-0.15, -0.1) is 0 Å². The fourth-order valence-corrected chi connectivity index (χ4v) is 3.26. The predicted molar refractivity (Wildman–Crippen MR) is 104 cm³/mol. The average Bonchev–Trinajstić information content (AvgIpc) is 3.02. The number of allylic oxidation sites excluding steroid dienone is 2. The van der Waals surface area contributed by atoms with Crippen LogP contribution in [0.3, 0.4) is 0 Å². The zero-order valence-electron chi connectivity index (χ0n) is 16.5. The van der Waals surface area contributed by atoms with Gasteiger partial charge in [0.05, 0.1) is 13.2 Å². The molecule has 0 saturated carbocycles. The SMILES string of the molecule is CCCCCCCCC/C=C/CCCCO[C@H]1CO[C@H]([C@H](O)CO)[C@@H]1O. The fraction of sp³-hybridized carbons (Fsp3) is 0.905. The lowest BCUT2D eigenvalue weighted by Gasteiger charge is -2.20. The molecule has 26 heavy (non-hydrogen) atoms. The third kappa shape index (κ3) is 10.0. The maximum Gasteiger partial charge on any atom is 0.114 e. The molecule has 1 fully saturated rings. The Morgan fingerprint density at radius 2 is 1.62 bits per heavy atom. The molecule has 0 unspecified atom stereocenters. The monoisotopic (exact) mass is 372 g/mol. The summed E-state index contributed by atoms with van der Waals surface area (Å²) in [6, 6.07) is 0. The maximum atomic E-state index is 10.0. The molecule has 1 saturated heterocycles. The molecule has 1 aliphatic heterocycles. The Hall–Kier alpha value is -0.460. The Labute approximate surface area is 159 Å². The van der Waals surface area contributed by atoms with Crippen molar-refractivity contribution in [1.82, 2.24) is 0 Å². The molecular formula is C21H40O5. The van der Waals surface area contributed by atoms with E-state index in [0.29, 0.717) is 6.61 Å². The number of ether oxygens (including phenoxy) is 2. The van der Waals surface area contributed by atoms with Gasteiger partial charge in [-0.25, -0.2) is 0 Å². The van der Waals surface area contributed by atoms with Gasteiger partial charge in [0.1, 0.15) is 24.4 Å². The first-order valence-electron chi connectivity index (χ1n) is 10.6. The van der Waals surface area contributed by atoms with Crippen LogP contribution in [0.4, 0.5) is 0 Å².